The highest BCUT2D eigenvalue weighted by molar-refractivity contribution is 5.62. The summed E-state index contributed by atoms with van der Waals surface area (Å²) < 4.78 is 2.15. The third kappa shape index (κ3) is 3.00. The summed E-state index contributed by atoms with van der Waals surface area (Å²) >= 11 is 0. The second kappa shape index (κ2) is 5.26. The number of hydrogen-bond donors (Lipinski definition) is 1. The van der Waals surface area contributed by atoms with Crippen molar-refractivity contribution in [2.75, 3.05) is 0 Å². The van der Waals surface area contributed by atoms with Crippen molar-refractivity contribution in [2.45, 2.75) is 59.0 Å². The molecule has 0 radical (unpaired) electrons. The van der Waals surface area contributed by atoms with Gasteiger partial charge in [0.05, 0.1) is 6.54 Å². The molecule has 0 aliphatic heterocycles. The van der Waals surface area contributed by atoms with E-state index in [2.05, 4.69) is 74.5 Å². The summed E-state index contributed by atoms with van der Waals surface area (Å²) in [7, 11) is 0. The Hall–Kier alpha value is -1.68. The molecule has 0 saturated carbocycles. The summed E-state index contributed by atoms with van der Waals surface area (Å²) in [5.41, 5.74) is 8.18. The van der Waals surface area contributed by atoms with Crippen molar-refractivity contribution < 1.29 is 0 Å². The number of rotatable bonds is 2. The van der Waals surface area contributed by atoms with Gasteiger partial charge in [0.1, 0.15) is 5.82 Å². The molecule has 114 valence electrons. The molecule has 0 spiro atoms. The first-order valence-electron chi connectivity index (χ1n) is 7.41. The van der Waals surface area contributed by atoms with Crippen LogP contribution in [-0.4, -0.2) is 14.8 Å². The van der Waals surface area contributed by atoms with Crippen LogP contribution >= 0.6 is 0 Å². The smallest absolute Gasteiger partial charge is 0.164 e. The van der Waals surface area contributed by atoms with Crippen molar-refractivity contribution in [1.29, 1.82) is 0 Å². The molecular weight excluding hydrogens is 260 g/mol. The van der Waals surface area contributed by atoms with Gasteiger partial charge in [0.2, 0.25) is 0 Å². The summed E-state index contributed by atoms with van der Waals surface area (Å²) in [4.78, 5) is 0. The fraction of sp³-hybridized carbons (Fsp3) is 0.529. The van der Waals surface area contributed by atoms with Crippen LogP contribution in [0, 0.1) is 0 Å². The zero-order valence-corrected chi connectivity index (χ0v) is 13.9. The van der Waals surface area contributed by atoms with E-state index in [1.165, 1.54) is 5.56 Å². The molecule has 1 aromatic heterocycles. The highest BCUT2D eigenvalue weighted by atomic mass is 15.3. The lowest BCUT2D eigenvalue weighted by Gasteiger charge is -2.27. The Morgan fingerprint density at radius 2 is 1.62 bits per heavy atom. The van der Waals surface area contributed by atoms with Crippen molar-refractivity contribution in [2.24, 2.45) is 5.73 Å². The summed E-state index contributed by atoms with van der Waals surface area (Å²) in [5, 5.41) is 8.72. The zero-order valence-electron chi connectivity index (χ0n) is 13.9. The zero-order chi connectivity index (χ0) is 15.8. The maximum absolute atomic E-state index is 5.84. The Kier molecular flexibility index (Phi) is 3.93. The average Bonchev–Trinajstić information content (AvgIpc) is 2.81. The van der Waals surface area contributed by atoms with Crippen LogP contribution in [0.1, 0.15) is 52.9 Å². The number of nitrogens with two attached hydrogens (primary N) is 1. The number of aromatic nitrogens is 3. The first-order valence-corrected chi connectivity index (χ1v) is 7.41. The van der Waals surface area contributed by atoms with Gasteiger partial charge >= 0.3 is 0 Å². The molecule has 0 bridgehead atoms. The standard InChI is InChI=1S/C17H26N4/c1-16(2,3)13-10-8-7-9-12(13)15-20-19-14(11-18)21(15)17(4,5)6/h7-10H,11,18H2,1-6H3. The lowest BCUT2D eigenvalue weighted by molar-refractivity contribution is 0.386. The van der Waals surface area contributed by atoms with E-state index >= 15 is 0 Å². The molecular formula is C17H26N4. The number of nitrogens with zero attached hydrogens (tertiary/aromatic N) is 3. The van der Waals surface area contributed by atoms with Gasteiger partial charge in [-0.05, 0) is 31.7 Å². The van der Waals surface area contributed by atoms with Crippen molar-refractivity contribution in [3.63, 3.8) is 0 Å². The molecule has 0 saturated heterocycles. The first kappa shape index (κ1) is 15.7. The molecule has 21 heavy (non-hydrogen) atoms. The molecule has 4 nitrogen and oxygen atoms in total. The Morgan fingerprint density at radius 3 is 2.14 bits per heavy atom. The van der Waals surface area contributed by atoms with Crippen LogP contribution in [0.3, 0.4) is 0 Å². The monoisotopic (exact) mass is 286 g/mol. The van der Waals surface area contributed by atoms with Crippen LogP contribution in [0.25, 0.3) is 11.4 Å². The lowest BCUT2D eigenvalue weighted by atomic mass is 9.83. The lowest BCUT2D eigenvalue weighted by Crippen LogP contribution is -2.27. The molecule has 2 N–H and O–H groups in total. The second-order valence-electron chi connectivity index (χ2n) is 7.45. The second-order valence-corrected chi connectivity index (χ2v) is 7.45. The van der Waals surface area contributed by atoms with E-state index in [4.69, 9.17) is 5.73 Å². The molecule has 2 rings (SSSR count). The molecule has 0 unspecified atom stereocenters. The summed E-state index contributed by atoms with van der Waals surface area (Å²) in [6.45, 7) is 13.5. The summed E-state index contributed by atoms with van der Waals surface area (Å²) in [5.74, 6) is 1.72. The predicted octanol–water partition coefficient (Wildman–Crippen LogP) is 3.46. The first-order chi connectivity index (χ1) is 9.66. The van der Waals surface area contributed by atoms with Gasteiger partial charge in [-0.1, -0.05) is 45.0 Å². The van der Waals surface area contributed by atoms with Crippen molar-refractivity contribution in [3.8, 4) is 11.4 Å². The highest BCUT2D eigenvalue weighted by Crippen LogP contribution is 2.34. The minimum atomic E-state index is -0.113. The Balaban J connectivity index is 2.73. The Labute approximate surface area is 127 Å². The summed E-state index contributed by atoms with van der Waals surface area (Å²) in [6.07, 6.45) is 0. The summed E-state index contributed by atoms with van der Waals surface area (Å²) in [6, 6.07) is 8.41. The van der Waals surface area contributed by atoms with Crippen LogP contribution in [0.5, 0.6) is 0 Å². The Morgan fingerprint density at radius 1 is 1.00 bits per heavy atom. The van der Waals surface area contributed by atoms with Crippen LogP contribution in [0.15, 0.2) is 24.3 Å². The van der Waals surface area contributed by atoms with Crippen molar-refractivity contribution in [3.05, 3.63) is 35.7 Å². The van der Waals surface area contributed by atoms with Gasteiger partial charge < -0.3 is 10.3 Å². The number of hydrogen-bond acceptors (Lipinski definition) is 3. The largest absolute Gasteiger partial charge is 0.324 e. The van der Waals surface area contributed by atoms with Gasteiger partial charge in [0.15, 0.2) is 5.82 Å². The van der Waals surface area contributed by atoms with Gasteiger partial charge in [0.25, 0.3) is 0 Å². The maximum Gasteiger partial charge on any atom is 0.164 e. The van der Waals surface area contributed by atoms with Gasteiger partial charge in [0, 0.05) is 11.1 Å². The molecule has 1 heterocycles. The normalized spacial score (nSPS) is 12.7. The molecule has 0 aliphatic rings. The highest BCUT2D eigenvalue weighted by Gasteiger charge is 2.26. The van der Waals surface area contributed by atoms with Gasteiger partial charge in [-0.25, -0.2) is 0 Å². The third-order valence-electron chi connectivity index (χ3n) is 3.56. The van der Waals surface area contributed by atoms with E-state index in [-0.39, 0.29) is 11.0 Å². The van der Waals surface area contributed by atoms with Gasteiger partial charge in [-0.15, -0.1) is 10.2 Å². The molecule has 0 fully saturated rings. The van der Waals surface area contributed by atoms with E-state index < -0.39 is 0 Å². The average molecular weight is 286 g/mol. The minimum absolute atomic E-state index is 0.0497. The molecule has 0 amide bonds. The molecule has 0 atom stereocenters. The van der Waals surface area contributed by atoms with Crippen LogP contribution in [-0.2, 0) is 17.5 Å². The van der Waals surface area contributed by atoms with E-state index in [0.717, 1.165) is 17.2 Å². The SMILES string of the molecule is CC(C)(C)c1ccccc1-c1nnc(CN)n1C(C)(C)C. The fourth-order valence-electron chi connectivity index (χ4n) is 2.66. The van der Waals surface area contributed by atoms with E-state index in [0.29, 0.717) is 6.54 Å². The van der Waals surface area contributed by atoms with Crippen molar-refractivity contribution >= 4 is 0 Å². The molecule has 4 heteroatoms. The van der Waals surface area contributed by atoms with E-state index in [9.17, 15) is 0 Å². The van der Waals surface area contributed by atoms with Crippen LogP contribution < -0.4 is 5.73 Å². The van der Waals surface area contributed by atoms with Gasteiger partial charge in [-0.2, -0.15) is 0 Å². The maximum atomic E-state index is 5.84. The molecule has 0 aliphatic carbocycles. The van der Waals surface area contributed by atoms with E-state index in [1.54, 1.807) is 0 Å². The molecule has 1 aromatic carbocycles. The topological polar surface area (TPSA) is 56.7 Å². The van der Waals surface area contributed by atoms with Crippen molar-refractivity contribution in [1.82, 2.24) is 14.8 Å². The number of benzene rings is 1. The minimum Gasteiger partial charge on any atom is -0.324 e. The third-order valence-corrected chi connectivity index (χ3v) is 3.56. The van der Waals surface area contributed by atoms with Crippen LogP contribution in [0.2, 0.25) is 0 Å². The van der Waals surface area contributed by atoms with Crippen LogP contribution in [0.4, 0.5) is 0 Å². The fourth-order valence-corrected chi connectivity index (χ4v) is 2.66. The van der Waals surface area contributed by atoms with Gasteiger partial charge in [-0.3, -0.25) is 0 Å². The molecule has 2 aromatic rings. The quantitative estimate of drug-likeness (QED) is 0.920. The Bertz CT molecular complexity index is 627. The van der Waals surface area contributed by atoms with E-state index in [1.807, 2.05) is 6.07 Å². The predicted molar refractivity (Wildman–Crippen MR) is 87.0 cm³/mol.